The predicted octanol–water partition coefficient (Wildman–Crippen LogP) is 16.4. The number of hydrogen-bond acceptors (Lipinski definition) is 4. The fourth-order valence-electron chi connectivity index (χ4n) is 8.21. The van der Waals surface area contributed by atoms with Gasteiger partial charge in [0.25, 0.3) is 0 Å². The third-order valence-electron chi connectivity index (χ3n) is 12.4. The van der Waals surface area contributed by atoms with Crippen molar-refractivity contribution >= 4 is 5.91 Å². The monoisotopic (exact) mass is 856 g/mol. The minimum atomic E-state index is -1.17. The molecule has 0 aliphatic carbocycles. The van der Waals surface area contributed by atoms with E-state index in [4.69, 9.17) is 0 Å². The second-order valence-corrected chi connectivity index (χ2v) is 18.4. The van der Waals surface area contributed by atoms with Crippen molar-refractivity contribution in [2.45, 2.75) is 295 Å². The van der Waals surface area contributed by atoms with E-state index in [1.165, 1.54) is 199 Å². The van der Waals surface area contributed by atoms with Gasteiger partial charge in [-0.3, -0.25) is 4.79 Å². The summed E-state index contributed by atoms with van der Waals surface area (Å²) in [5.41, 5.74) is 0. The highest BCUT2D eigenvalue weighted by atomic mass is 16.3. The van der Waals surface area contributed by atoms with E-state index in [9.17, 15) is 20.1 Å². The van der Waals surface area contributed by atoms with Crippen LogP contribution in [0.2, 0.25) is 0 Å². The maximum atomic E-state index is 12.5. The summed E-state index contributed by atoms with van der Waals surface area (Å²) in [7, 11) is 0. The Balaban J connectivity index is 3.60. The third-order valence-corrected chi connectivity index (χ3v) is 12.4. The number of amides is 1. The molecule has 0 saturated heterocycles. The third kappa shape index (κ3) is 46.1. The molecule has 61 heavy (non-hydrogen) atoms. The van der Waals surface area contributed by atoms with Crippen molar-refractivity contribution in [1.29, 1.82) is 0 Å². The second-order valence-electron chi connectivity index (χ2n) is 18.4. The fraction of sp³-hybridized carbons (Fsp3) is 0.839. The van der Waals surface area contributed by atoms with Crippen LogP contribution in [0.4, 0.5) is 0 Å². The number of hydrogen-bond donors (Lipinski definition) is 4. The second kappa shape index (κ2) is 50.9. The molecule has 0 spiro atoms. The molecule has 3 unspecified atom stereocenters. The van der Waals surface area contributed by atoms with Crippen molar-refractivity contribution in [2.24, 2.45) is 0 Å². The standard InChI is InChI=1S/C56H105NO4/c1-3-5-7-9-11-13-15-17-19-21-23-24-25-26-27-28-29-30-31-32-33-35-37-39-41-43-45-47-49-51-55(60)57-53(52-58)56(61)54(59)50-48-46-44-42-40-38-36-34-22-20-18-16-14-12-10-8-6-4-2/h23-24,26-27,34,36,42,44,53-54,56,58-59,61H,3-22,25,28-33,35,37-41,43,45-52H2,1-2H3,(H,57,60)/b24-23-,27-26-,36-34+,44-42+. The summed E-state index contributed by atoms with van der Waals surface area (Å²) >= 11 is 0. The van der Waals surface area contributed by atoms with E-state index in [1.807, 2.05) is 0 Å². The van der Waals surface area contributed by atoms with E-state index in [0.717, 1.165) is 51.4 Å². The average molecular weight is 856 g/mol. The molecule has 0 bridgehead atoms. The Morgan fingerprint density at radius 1 is 0.410 bits per heavy atom. The molecule has 0 aromatic rings. The predicted molar refractivity (Wildman–Crippen MR) is 268 cm³/mol. The zero-order valence-electron chi connectivity index (χ0n) is 40.8. The van der Waals surface area contributed by atoms with Crippen LogP contribution >= 0.6 is 0 Å². The first kappa shape index (κ1) is 59.3. The van der Waals surface area contributed by atoms with Gasteiger partial charge in [-0.1, -0.05) is 236 Å². The van der Waals surface area contributed by atoms with Crippen LogP contribution in [0, 0.1) is 0 Å². The zero-order chi connectivity index (χ0) is 44.4. The van der Waals surface area contributed by atoms with Gasteiger partial charge in [-0.15, -0.1) is 0 Å². The smallest absolute Gasteiger partial charge is 0.220 e. The molecule has 358 valence electrons. The molecule has 1 amide bonds. The zero-order valence-corrected chi connectivity index (χ0v) is 40.8. The molecule has 0 fully saturated rings. The SMILES string of the molecule is CCCCCCCCCCC/C=C\C/C=C\CCCCCCCCCCCCCCCC(=O)NC(CO)C(O)C(O)CCC/C=C/CC/C=C/CCCCCCCCCCC. The summed E-state index contributed by atoms with van der Waals surface area (Å²) in [6.07, 6.45) is 66.8. The van der Waals surface area contributed by atoms with Gasteiger partial charge in [0, 0.05) is 6.42 Å². The van der Waals surface area contributed by atoms with E-state index in [-0.39, 0.29) is 12.5 Å². The number of aliphatic hydroxyl groups is 3. The van der Waals surface area contributed by atoms with Gasteiger partial charge in [0.15, 0.2) is 0 Å². The molecular weight excluding hydrogens is 751 g/mol. The summed E-state index contributed by atoms with van der Waals surface area (Å²) in [5.74, 6) is -0.158. The molecule has 0 aromatic heterocycles. The maximum Gasteiger partial charge on any atom is 0.220 e. The van der Waals surface area contributed by atoms with Crippen LogP contribution in [0.5, 0.6) is 0 Å². The first-order valence-electron chi connectivity index (χ1n) is 26.9. The van der Waals surface area contributed by atoms with Crippen LogP contribution in [-0.4, -0.2) is 46.1 Å². The van der Waals surface area contributed by atoms with Crippen molar-refractivity contribution in [2.75, 3.05) is 6.61 Å². The van der Waals surface area contributed by atoms with E-state index in [0.29, 0.717) is 12.8 Å². The molecule has 0 rings (SSSR count). The highest BCUT2D eigenvalue weighted by Crippen LogP contribution is 2.16. The highest BCUT2D eigenvalue weighted by molar-refractivity contribution is 5.76. The molecule has 3 atom stereocenters. The summed E-state index contributed by atoms with van der Waals surface area (Å²) in [6.45, 7) is 4.18. The lowest BCUT2D eigenvalue weighted by Gasteiger charge is -2.26. The van der Waals surface area contributed by atoms with E-state index in [1.54, 1.807) is 0 Å². The first-order chi connectivity index (χ1) is 30.1. The first-order valence-corrected chi connectivity index (χ1v) is 26.9. The molecular formula is C56H105NO4. The van der Waals surface area contributed by atoms with Gasteiger partial charge >= 0.3 is 0 Å². The van der Waals surface area contributed by atoms with Crippen molar-refractivity contribution < 1.29 is 20.1 Å². The van der Waals surface area contributed by atoms with Gasteiger partial charge in [-0.05, 0) is 83.5 Å². The number of carbonyl (C=O) groups excluding carboxylic acids is 1. The Hall–Kier alpha value is -1.69. The Kier molecular flexibility index (Phi) is 49.5. The summed E-state index contributed by atoms with van der Waals surface area (Å²) < 4.78 is 0. The molecule has 5 nitrogen and oxygen atoms in total. The van der Waals surface area contributed by atoms with Crippen molar-refractivity contribution in [3.8, 4) is 0 Å². The van der Waals surface area contributed by atoms with Gasteiger partial charge in [-0.2, -0.15) is 0 Å². The average Bonchev–Trinajstić information content (AvgIpc) is 3.26. The maximum absolute atomic E-state index is 12.5. The van der Waals surface area contributed by atoms with E-state index < -0.39 is 18.2 Å². The Morgan fingerprint density at radius 3 is 1.10 bits per heavy atom. The van der Waals surface area contributed by atoms with E-state index in [2.05, 4.69) is 67.8 Å². The molecule has 0 aromatic carbocycles. The Labute approximate surface area is 380 Å². The highest BCUT2D eigenvalue weighted by Gasteiger charge is 2.26. The quantitative estimate of drug-likeness (QED) is 0.0362. The van der Waals surface area contributed by atoms with Gasteiger partial charge in [-0.25, -0.2) is 0 Å². The van der Waals surface area contributed by atoms with Gasteiger partial charge in [0.1, 0.15) is 6.10 Å². The molecule has 5 heteroatoms. The lowest BCUT2D eigenvalue weighted by atomic mass is 10.0. The van der Waals surface area contributed by atoms with Crippen molar-refractivity contribution in [1.82, 2.24) is 5.32 Å². The van der Waals surface area contributed by atoms with Crippen LogP contribution < -0.4 is 5.32 Å². The Morgan fingerprint density at radius 2 is 0.721 bits per heavy atom. The largest absolute Gasteiger partial charge is 0.394 e. The summed E-state index contributed by atoms with van der Waals surface area (Å²) in [5, 5.41) is 33.7. The van der Waals surface area contributed by atoms with Gasteiger partial charge in [0.2, 0.25) is 5.91 Å². The summed E-state index contributed by atoms with van der Waals surface area (Å²) in [4.78, 5) is 12.5. The topological polar surface area (TPSA) is 89.8 Å². The van der Waals surface area contributed by atoms with Crippen LogP contribution in [0.25, 0.3) is 0 Å². The van der Waals surface area contributed by atoms with Gasteiger partial charge < -0.3 is 20.6 Å². The fourth-order valence-corrected chi connectivity index (χ4v) is 8.21. The number of allylic oxidation sites excluding steroid dienone is 8. The summed E-state index contributed by atoms with van der Waals surface area (Å²) in [6, 6.07) is -0.834. The Bertz CT molecular complexity index is 989. The molecule has 0 aliphatic rings. The molecule has 0 radical (unpaired) electrons. The number of aliphatic hydroxyl groups excluding tert-OH is 3. The van der Waals surface area contributed by atoms with Crippen molar-refractivity contribution in [3.05, 3.63) is 48.6 Å². The van der Waals surface area contributed by atoms with Crippen LogP contribution in [0.1, 0.15) is 277 Å². The lowest BCUT2D eigenvalue weighted by Crippen LogP contribution is -2.50. The van der Waals surface area contributed by atoms with E-state index >= 15 is 0 Å². The van der Waals surface area contributed by atoms with Crippen LogP contribution in [0.15, 0.2) is 48.6 Å². The minimum absolute atomic E-state index is 0.158. The lowest BCUT2D eigenvalue weighted by molar-refractivity contribution is -0.124. The number of nitrogens with one attached hydrogen (secondary N) is 1. The molecule has 0 heterocycles. The number of unbranched alkanes of at least 4 members (excludes halogenated alkanes) is 33. The normalized spacial score (nSPS) is 13.7. The number of rotatable bonds is 49. The molecule has 0 saturated carbocycles. The van der Waals surface area contributed by atoms with Crippen LogP contribution in [-0.2, 0) is 4.79 Å². The van der Waals surface area contributed by atoms with Crippen molar-refractivity contribution in [3.63, 3.8) is 0 Å². The minimum Gasteiger partial charge on any atom is -0.394 e. The van der Waals surface area contributed by atoms with Gasteiger partial charge in [0.05, 0.1) is 18.8 Å². The molecule has 4 N–H and O–H groups in total. The number of carbonyl (C=O) groups is 1. The van der Waals surface area contributed by atoms with Crippen LogP contribution in [0.3, 0.4) is 0 Å². The molecule has 0 aliphatic heterocycles.